The molecule has 34 heavy (non-hydrogen) atoms. The van der Waals surface area contributed by atoms with Gasteiger partial charge in [0.25, 0.3) is 5.69 Å². The van der Waals surface area contributed by atoms with Gasteiger partial charge < -0.3 is 9.64 Å². The fourth-order valence-electron chi connectivity index (χ4n) is 4.37. The Morgan fingerprint density at radius 3 is 2.62 bits per heavy atom. The highest BCUT2D eigenvalue weighted by Crippen LogP contribution is 2.35. The molecule has 8 heteroatoms. The van der Waals surface area contributed by atoms with Crippen molar-refractivity contribution in [3.05, 3.63) is 93.2 Å². The lowest BCUT2D eigenvalue weighted by Crippen LogP contribution is -2.36. The lowest BCUT2D eigenvalue weighted by Gasteiger charge is -2.31. The summed E-state index contributed by atoms with van der Waals surface area (Å²) in [6.45, 7) is 3.03. The largest absolute Gasteiger partial charge is 0.378 e. The summed E-state index contributed by atoms with van der Waals surface area (Å²) in [6.07, 6.45) is 5.77. The fraction of sp³-hybridized carbons (Fsp3) is 0.231. The number of pyridine rings is 1. The molecule has 0 radical (unpaired) electrons. The van der Waals surface area contributed by atoms with Gasteiger partial charge in [0.05, 0.1) is 29.9 Å². The minimum atomic E-state index is -0.377. The molecule has 0 atom stereocenters. The van der Waals surface area contributed by atoms with Crippen LogP contribution >= 0.6 is 0 Å². The SMILES string of the molecule is O=[N+]([O-])c1ccc(/C=C2/CCC(C=NNc3ccc4ccccc4n3)=C2N2CCOCC2)cc1. The molecule has 2 aliphatic rings. The summed E-state index contributed by atoms with van der Waals surface area (Å²) in [6, 6.07) is 18.6. The molecule has 1 aliphatic heterocycles. The van der Waals surface area contributed by atoms with Gasteiger partial charge in [-0.05, 0) is 66.0 Å². The van der Waals surface area contributed by atoms with Crippen LogP contribution in [-0.4, -0.2) is 47.3 Å². The zero-order valence-electron chi connectivity index (χ0n) is 18.7. The molecule has 1 aromatic heterocycles. The molecule has 2 aromatic carbocycles. The molecule has 1 aliphatic carbocycles. The van der Waals surface area contributed by atoms with E-state index in [-0.39, 0.29) is 10.6 Å². The number of fused-ring (bicyclic) bond motifs is 1. The van der Waals surface area contributed by atoms with Crippen LogP contribution in [-0.2, 0) is 4.74 Å². The molecular weight excluding hydrogens is 430 g/mol. The Kier molecular flexibility index (Phi) is 6.31. The molecule has 0 spiro atoms. The van der Waals surface area contributed by atoms with Crippen LogP contribution in [0.25, 0.3) is 17.0 Å². The van der Waals surface area contributed by atoms with Crippen LogP contribution < -0.4 is 5.43 Å². The number of hydrogen-bond acceptors (Lipinski definition) is 7. The van der Waals surface area contributed by atoms with Crippen molar-refractivity contribution in [2.75, 3.05) is 31.7 Å². The van der Waals surface area contributed by atoms with Crippen molar-refractivity contribution in [2.24, 2.45) is 5.10 Å². The number of anilines is 1. The summed E-state index contributed by atoms with van der Waals surface area (Å²) in [5.74, 6) is 0.697. The van der Waals surface area contributed by atoms with E-state index in [2.05, 4.69) is 26.5 Å². The number of hydrazone groups is 1. The molecule has 0 amide bonds. The average molecular weight is 456 g/mol. The lowest BCUT2D eigenvalue weighted by molar-refractivity contribution is -0.384. The Morgan fingerprint density at radius 2 is 1.82 bits per heavy atom. The number of allylic oxidation sites excluding steroid dienone is 2. The van der Waals surface area contributed by atoms with E-state index in [1.165, 1.54) is 11.3 Å². The number of nitrogens with one attached hydrogen (secondary N) is 1. The summed E-state index contributed by atoms with van der Waals surface area (Å²) in [7, 11) is 0. The maximum atomic E-state index is 11.0. The monoisotopic (exact) mass is 455 g/mol. The van der Waals surface area contributed by atoms with Gasteiger partial charge in [0, 0.05) is 36.3 Å². The van der Waals surface area contributed by atoms with E-state index in [0.29, 0.717) is 19.0 Å². The Morgan fingerprint density at radius 1 is 1.03 bits per heavy atom. The van der Waals surface area contributed by atoms with Gasteiger partial charge in [-0.2, -0.15) is 5.10 Å². The second-order valence-corrected chi connectivity index (χ2v) is 8.25. The zero-order chi connectivity index (χ0) is 23.3. The maximum Gasteiger partial charge on any atom is 0.269 e. The first-order valence-corrected chi connectivity index (χ1v) is 11.3. The Bertz CT molecular complexity index is 1290. The number of hydrogen-bond donors (Lipinski definition) is 1. The predicted molar refractivity (Wildman–Crippen MR) is 134 cm³/mol. The number of aromatic nitrogens is 1. The van der Waals surface area contributed by atoms with Gasteiger partial charge in [-0.1, -0.05) is 18.2 Å². The Labute approximate surface area is 197 Å². The standard InChI is InChI=1S/C26H25N5O3/c32-31(33)23-10-5-19(6-11-23)17-21-7-8-22(26(21)30-13-15-34-16-14-30)18-27-29-25-12-9-20-3-1-2-4-24(20)28-25/h1-6,9-12,17-18H,7-8,13-16H2,(H,28,29)/b21-17-,27-18?. The number of nitro groups is 1. The molecule has 0 bridgehead atoms. The number of para-hydroxylation sites is 1. The summed E-state index contributed by atoms with van der Waals surface area (Å²) < 4.78 is 5.56. The zero-order valence-corrected chi connectivity index (χ0v) is 18.7. The van der Waals surface area contributed by atoms with Gasteiger partial charge in [0.2, 0.25) is 0 Å². The van der Waals surface area contributed by atoms with Crippen molar-refractivity contribution in [3.63, 3.8) is 0 Å². The van der Waals surface area contributed by atoms with E-state index in [1.807, 2.05) is 42.6 Å². The van der Waals surface area contributed by atoms with E-state index in [1.54, 1.807) is 24.3 Å². The molecule has 5 rings (SSSR count). The van der Waals surface area contributed by atoms with Crippen LogP contribution in [0.15, 0.2) is 82.6 Å². The molecule has 1 saturated heterocycles. The van der Waals surface area contributed by atoms with E-state index >= 15 is 0 Å². The number of nitrogens with zero attached hydrogens (tertiary/aromatic N) is 4. The molecular formula is C26H25N5O3. The molecule has 172 valence electrons. The van der Waals surface area contributed by atoms with Crippen LogP contribution in [0.2, 0.25) is 0 Å². The molecule has 8 nitrogen and oxygen atoms in total. The van der Waals surface area contributed by atoms with Crippen LogP contribution in [0, 0.1) is 10.1 Å². The molecule has 0 saturated carbocycles. The third-order valence-corrected chi connectivity index (χ3v) is 6.04. The highest BCUT2D eigenvalue weighted by Gasteiger charge is 2.25. The number of nitro benzene ring substituents is 1. The van der Waals surface area contributed by atoms with Gasteiger partial charge in [-0.15, -0.1) is 0 Å². The number of morpholine rings is 1. The second-order valence-electron chi connectivity index (χ2n) is 8.25. The van der Waals surface area contributed by atoms with Crippen molar-refractivity contribution in [3.8, 4) is 0 Å². The maximum absolute atomic E-state index is 11.0. The lowest BCUT2D eigenvalue weighted by atomic mass is 10.1. The van der Waals surface area contributed by atoms with Gasteiger partial charge >= 0.3 is 0 Å². The fourth-order valence-corrected chi connectivity index (χ4v) is 4.37. The quantitative estimate of drug-likeness (QED) is 0.319. The van der Waals surface area contributed by atoms with Crippen molar-refractivity contribution >= 4 is 34.7 Å². The van der Waals surface area contributed by atoms with Crippen LogP contribution in [0.5, 0.6) is 0 Å². The molecule has 0 unspecified atom stereocenters. The van der Waals surface area contributed by atoms with E-state index in [0.717, 1.165) is 48.0 Å². The van der Waals surface area contributed by atoms with Gasteiger partial charge in [0.1, 0.15) is 5.82 Å². The number of rotatable bonds is 6. The molecule has 1 fully saturated rings. The van der Waals surface area contributed by atoms with Crippen molar-refractivity contribution < 1.29 is 9.66 Å². The van der Waals surface area contributed by atoms with Crippen molar-refractivity contribution in [2.45, 2.75) is 12.8 Å². The molecule has 3 aromatic rings. The highest BCUT2D eigenvalue weighted by atomic mass is 16.6. The van der Waals surface area contributed by atoms with Gasteiger partial charge in [0.15, 0.2) is 0 Å². The summed E-state index contributed by atoms with van der Waals surface area (Å²) in [5.41, 5.74) is 8.58. The summed E-state index contributed by atoms with van der Waals surface area (Å²) in [5, 5.41) is 16.5. The first kappa shape index (κ1) is 21.8. The first-order valence-electron chi connectivity index (χ1n) is 11.3. The minimum absolute atomic E-state index is 0.0960. The van der Waals surface area contributed by atoms with Gasteiger partial charge in [-0.25, -0.2) is 4.98 Å². The predicted octanol–water partition coefficient (Wildman–Crippen LogP) is 5.00. The topological polar surface area (TPSA) is 92.9 Å². The van der Waals surface area contributed by atoms with Crippen LogP contribution in [0.3, 0.4) is 0 Å². The van der Waals surface area contributed by atoms with Gasteiger partial charge in [-0.3, -0.25) is 15.5 Å². The number of ether oxygens (including phenoxy) is 1. The molecule has 2 heterocycles. The van der Waals surface area contributed by atoms with E-state index in [9.17, 15) is 10.1 Å². The normalized spacial score (nSPS) is 17.8. The van der Waals surface area contributed by atoms with E-state index in [4.69, 9.17) is 4.74 Å². The Hall–Kier alpha value is -4.04. The third kappa shape index (κ3) is 4.82. The minimum Gasteiger partial charge on any atom is -0.378 e. The molecule has 1 N–H and O–H groups in total. The van der Waals surface area contributed by atoms with E-state index < -0.39 is 0 Å². The summed E-state index contributed by atoms with van der Waals surface area (Å²) in [4.78, 5) is 17.5. The highest BCUT2D eigenvalue weighted by molar-refractivity contribution is 5.85. The average Bonchev–Trinajstić information content (AvgIpc) is 3.27. The Balaban J connectivity index is 1.40. The smallest absolute Gasteiger partial charge is 0.269 e. The summed E-state index contributed by atoms with van der Waals surface area (Å²) >= 11 is 0. The van der Waals surface area contributed by atoms with Crippen molar-refractivity contribution in [1.82, 2.24) is 9.88 Å². The number of benzene rings is 2. The first-order chi connectivity index (χ1) is 16.7. The number of non-ortho nitro benzene ring substituents is 1. The van der Waals surface area contributed by atoms with Crippen LogP contribution in [0.4, 0.5) is 11.5 Å². The third-order valence-electron chi connectivity index (χ3n) is 6.04. The van der Waals surface area contributed by atoms with Crippen LogP contribution in [0.1, 0.15) is 18.4 Å². The second kappa shape index (κ2) is 9.84. The van der Waals surface area contributed by atoms with Crippen molar-refractivity contribution in [1.29, 1.82) is 0 Å².